The molecule has 92 valence electrons. The quantitative estimate of drug-likeness (QED) is 0.645. The Hall–Kier alpha value is -2.22. The van der Waals surface area contributed by atoms with E-state index < -0.39 is 0 Å². The summed E-state index contributed by atoms with van der Waals surface area (Å²) in [5, 5.41) is 2.48. The molecule has 0 saturated carbocycles. The van der Waals surface area contributed by atoms with Gasteiger partial charge in [-0.3, -0.25) is 0 Å². The van der Waals surface area contributed by atoms with Crippen molar-refractivity contribution in [3.63, 3.8) is 0 Å². The second-order valence-corrected chi connectivity index (χ2v) is 4.79. The summed E-state index contributed by atoms with van der Waals surface area (Å²) in [5.74, 6) is 0.917. The van der Waals surface area contributed by atoms with Gasteiger partial charge in [-0.15, -0.1) is 0 Å². The molecule has 0 aliphatic heterocycles. The van der Waals surface area contributed by atoms with Gasteiger partial charge in [0, 0.05) is 0 Å². The number of ether oxygens (including phenoxy) is 1. The van der Waals surface area contributed by atoms with E-state index in [1.54, 1.807) is 0 Å². The molecular formula is C17H15BO. The lowest BCUT2D eigenvalue weighted by Crippen LogP contribution is -2.00. The van der Waals surface area contributed by atoms with Crippen molar-refractivity contribution in [2.24, 2.45) is 0 Å². The minimum atomic E-state index is 0.609. The van der Waals surface area contributed by atoms with E-state index in [9.17, 15) is 0 Å². The Morgan fingerprint density at radius 2 is 1.53 bits per heavy atom. The van der Waals surface area contributed by atoms with Gasteiger partial charge in [0.05, 0.1) is 0 Å². The maximum Gasteiger partial charge on any atom is 0.139 e. The highest BCUT2D eigenvalue weighted by molar-refractivity contribution is 6.33. The predicted octanol–water partition coefficient (Wildman–Crippen LogP) is 2.68. The van der Waals surface area contributed by atoms with Crippen LogP contribution in [0.2, 0.25) is 0 Å². The molecule has 0 amide bonds. The second-order valence-electron chi connectivity index (χ2n) is 4.79. The van der Waals surface area contributed by atoms with Gasteiger partial charge in [0.25, 0.3) is 0 Å². The first-order chi connectivity index (χ1) is 9.31. The van der Waals surface area contributed by atoms with Gasteiger partial charge >= 0.3 is 0 Å². The predicted molar refractivity (Wildman–Crippen MR) is 82.9 cm³/mol. The lowest BCUT2D eigenvalue weighted by atomic mass is 9.93. The molecule has 0 atom stereocenters. The topological polar surface area (TPSA) is 9.23 Å². The second kappa shape index (κ2) is 5.19. The van der Waals surface area contributed by atoms with E-state index in [1.807, 2.05) is 24.3 Å². The summed E-state index contributed by atoms with van der Waals surface area (Å²) in [6, 6.07) is 22.9. The molecule has 0 fully saturated rings. The Morgan fingerprint density at radius 3 is 2.37 bits per heavy atom. The van der Waals surface area contributed by atoms with Crippen LogP contribution in [-0.2, 0) is 6.61 Å². The monoisotopic (exact) mass is 246 g/mol. The van der Waals surface area contributed by atoms with Crippen molar-refractivity contribution >= 4 is 24.1 Å². The van der Waals surface area contributed by atoms with E-state index in [0.717, 1.165) is 5.75 Å². The molecule has 19 heavy (non-hydrogen) atoms. The Kier molecular flexibility index (Phi) is 3.24. The standard InChI is InChI=1S/C17H15BO/c18-16-8-6-15-11-17(9-7-14(15)10-16)19-12-13-4-2-1-3-5-13/h1-11H,12,18H2. The van der Waals surface area contributed by atoms with Crippen LogP contribution in [0.1, 0.15) is 5.56 Å². The molecule has 0 radical (unpaired) electrons. The van der Waals surface area contributed by atoms with Crippen molar-refractivity contribution in [1.82, 2.24) is 0 Å². The molecule has 0 bridgehead atoms. The molecular weight excluding hydrogens is 231 g/mol. The summed E-state index contributed by atoms with van der Waals surface area (Å²) in [5.41, 5.74) is 2.47. The third-order valence-electron chi connectivity index (χ3n) is 3.22. The zero-order valence-corrected chi connectivity index (χ0v) is 11.0. The number of rotatable bonds is 3. The maximum absolute atomic E-state index is 5.83. The highest BCUT2D eigenvalue weighted by Gasteiger charge is 1.99. The van der Waals surface area contributed by atoms with Gasteiger partial charge in [-0.05, 0) is 28.5 Å². The van der Waals surface area contributed by atoms with Crippen molar-refractivity contribution in [2.45, 2.75) is 6.61 Å². The average molecular weight is 246 g/mol. The largest absolute Gasteiger partial charge is 0.489 e. The zero-order chi connectivity index (χ0) is 13.1. The molecule has 3 rings (SSSR count). The van der Waals surface area contributed by atoms with Crippen LogP contribution in [-0.4, -0.2) is 7.85 Å². The molecule has 0 saturated heterocycles. The van der Waals surface area contributed by atoms with Crippen LogP contribution in [0.3, 0.4) is 0 Å². The van der Waals surface area contributed by atoms with Gasteiger partial charge in [0.15, 0.2) is 0 Å². The number of hydrogen-bond donors (Lipinski definition) is 0. The fourth-order valence-electron chi connectivity index (χ4n) is 2.17. The molecule has 0 N–H and O–H groups in total. The number of benzene rings is 3. The Bertz CT molecular complexity index is 692. The van der Waals surface area contributed by atoms with E-state index >= 15 is 0 Å². The van der Waals surface area contributed by atoms with Crippen LogP contribution in [0.5, 0.6) is 5.75 Å². The molecule has 0 heterocycles. The van der Waals surface area contributed by atoms with Crippen molar-refractivity contribution in [3.8, 4) is 5.75 Å². The third-order valence-corrected chi connectivity index (χ3v) is 3.22. The molecule has 0 unspecified atom stereocenters. The first-order valence-corrected chi connectivity index (χ1v) is 6.48. The van der Waals surface area contributed by atoms with Crippen LogP contribution in [0.15, 0.2) is 66.7 Å². The Morgan fingerprint density at radius 1 is 0.789 bits per heavy atom. The van der Waals surface area contributed by atoms with Gasteiger partial charge in [0.2, 0.25) is 0 Å². The maximum atomic E-state index is 5.83. The van der Waals surface area contributed by atoms with E-state index in [2.05, 4.69) is 50.3 Å². The Balaban J connectivity index is 1.80. The average Bonchev–Trinajstić information content (AvgIpc) is 2.46. The molecule has 0 aliphatic rings. The summed E-state index contributed by atoms with van der Waals surface area (Å²) >= 11 is 0. The number of fused-ring (bicyclic) bond motifs is 1. The van der Waals surface area contributed by atoms with Crippen LogP contribution in [0, 0.1) is 0 Å². The summed E-state index contributed by atoms with van der Waals surface area (Å²) in [6.45, 7) is 0.609. The van der Waals surface area contributed by atoms with E-state index in [1.165, 1.54) is 21.8 Å². The van der Waals surface area contributed by atoms with Crippen LogP contribution < -0.4 is 10.2 Å². The molecule has 0 spiro atoms. The lowest BCUT2D eigenvalue weighted by Gasteiger charge is -2.08. The van der Waals surface area contributed by atoms with Crippen molar-refractivity contribution in [1.29, 1.82) is 0 Å². The summed E-state index contributed by atoms with van der Waals surface area (Å²) in [7, 11) is 2.11. The van der Waals surface area contributed by atoms with E-state index in [0.29, 0.717) is 6.61 Å². The first-order valence-electron chi connectivity index (χ1n) is 6.48. The van der Waals surface area contributed by atoms with E-state index in [-0.39, 0.29) is 0 Å². The lowest BCUT2D eigenvalue weighted by molar-refractivity contribution is 0.306. The smallest absolute Gasteiger partial charge is 0.139 e. The normalized spacial score (nSPS) is 10.5. The SMILES string of the molecule is Bc1ccc2cc(OCc3ccccc3)ccc2c1. The van der Waals surface area contributed by atoms with Crippen LogP contribution in [0.25, 0.3) is 10.8 Å². The molecule has 3 aromatic carbocycles. The molecule has 0 aromatic heterocycles. The zero-order valence-electron chi connectivity index (χ0n) is 11.0. The van der Waals surface area contributed by atoms with Gasteiger partial charge in [-0.25, -0.2) is 0 Å². The molecule has 2 heteroatoms. The molecule has 1 nitrogen and oxygen atoms in total. The van der Waals surface area contributed by atoms with Crippen LogP contribution in [0.4, 0.5) is 0 Å². The summed E-state index contributed by atoms with van der Waals surface area (Å²) in [6.07, 6.45) is 0. The Labute approximate surface area is 114 Å². The minimum absolute atomic E-state index is 0.609. The first kappa shape index (κ1) is 11.9. The van der Waals surface area contributed by atoms with Crippen molar-refractivity contribution < 1.29 is 4.74 Å². The van der Waals surface area contributed by atoms with Crippen molar-refractivity contribution in [2.75, 3.05) is 0 Å². The van der Waals surface area contributed by atoms with Crippen molar-refractivity contribution in [3.05, 3.63) is 72.3 Å². The molecule has 3 aromatic rings. The highest BCUT2D eigenvalue weighted by atomic mass is 16.5. The van der Waals surface area contributed by atoms with Gasteiger partial charge < -0.3 is 4.74 Å². The van der Waals surface area contributed by atoms with Gasteiger partial charge in [-0.2, -0.15) is 0 Å². The van der Waals surface area contributed by atoms with E-state index in [4.69, 9.17) is 4.74 Å². The van der Waals surface area contributed by atoms with Crippen LogP contribution >= 0.6 is 0 Å². The third kappa shape index (κ3) is 2.79. The summed E-state index contributed by atoms with van der Waals surface area (Å²) < 4.78 is 5.83. The molecule has 0 aliphatic carbocycles. The minimum Gasteiger partial charge on any atom is -0.489 e. The highest BCUT2D eigenvalue weighted by Crippen LogP contribution is 2.20. The van der Waals surface area contributed by atoms with Gasteiger partial charge in [-0.1, -0.05) is 60.1 Å². The fourth-order valence-corrected chi connectivity index (χ4v) is 2.17. The summed E-state index contributed by atoms with van der Waals surface area (Å²) in [4.78, 5) is 0. The fraction of sp³-hybridized carbons (Fsp3) is 0.0588. The van der Waals surface area contributed by atoms with Gasteiger partial charge in [0.1, 0.15) is 20.2 Å². The number of hydrogen-bond acceptors (Lipinski definition) is 1.